The van der Waals surface area contributed by atoms with Crippen LogP contribution in [-0.2, 0) is 0 Å². The molecule has 0 radical (unpaired) electrons. The number of hydrogen-bond acceptors (Lipinski definition) is 1. The Labute approximate surface area is 121 Å². The van der Waals surface area contributed by atoms with Gasteiger partial charge in [-0.3, -0.25) is 0 Å². The number of rotatable bonds is 2. The van der Waals surface area contributed by atoms with Crippen molar-refractivity contribution in [3.05, 3.63) is 83.0 Å². The third-order valence-electron chi connectivity index (χ3n) is 2.88. The average molecular weight is 360 g/mol. The van der Waals surface area contributed by atoms with Gasteiger partial charge in [0.15, 0.2) is 0 Å². The van der Waals surface area contributed by atoms with Crippen LogP contribution in [0.3, 0.4) is 0 Å². The Morgan fingerprint density at radius 1 is 0.632 bits per heavy atom. The zero-order valence-corrected chi connectivity index (χ0v) is 12.6. The molecule has 0 N–H and O–H groups in total. The van der Waals surface area contributed by atoms with Crippen LogP contribution >= 0.6 is 0 Å². The van der Waals surface area contributed by atoms with Crippen molar-refractivity contribution in [1.82, 2.24) is 0 Å². The van der Waals surface area contributed by atoms with Crippen molar-refractivity contribution in [3.8, 4) is 18.3 Å². The molecule has 0 aliphatic heterocycles. The first kappa shape index (κ1) is 12.4. The minimum atomic E-state index is -0.501. The normalized spacial score (nSPS) is 10.3. The van der Waals surface area contributed by atoms with Crippen molar-refractivity contribution in [2.45, 2.75) is 0 Å². The van der Waals surface area contributed by atoms with Crippen molar-refractivity contribution in [2.24, 2.45) is 0 Å². The van der Waals surface area contributed by atoms with E-state index in [0.29, 0.717) is 0 Å². The van der Waals surface area contributed by atoms with Gasteiger partial charge in [0.1, 0.15) is 0 Å². The fourth-order valence-electron chi connectivity index (χ4n) is 1.97. The van der Waals surface area contributed by atoms with Crippen LogP contribution in [-0.4, -0.2) is 20.4 Å². The van der Waals surface area contributed by atoms with Crippen molar-refractivity contribution in [3.63, 3.8) is 0 Å². The molecule has 3 aromatic rings. The Balaban J connectivity index is 2.15. The van der Waals surface area contributed by atoms with E-state index in [2.05, 4.69) is 24.3 Å². The molecular formula is C17H12OTe. The molecule has 0 fully saturated rings. The molecule has 0 atom stereocenters. The van der Waals surface area contributed by atoms with Gasteiger partial charge in [-0.15, -0.1) is 0 Å². The number of benzene rings is 2. The molecule has 1 nitrogen and oxygen atoms in total. The van der Waals surface area contributed by atoms with Gasteiger partial charge >= 0.3 is 122 Å². The Kier molecular flexibility index (Phi) is 3.64. The monoisotopic (exact) mass is 362 g/mol. The van der Waals surface area contributed by atoms with Crippen LogP contribution in [0.1, 0.15) is 0 Å². The topological polar surface area (TPSA) is 17.1 Å². The second-order valence-corrected chi connectivity index (χ2v) is 7.35. The van der Waals surface area contributed by atoms with Crippen LogP contribution in [0.2, 0.25) is 0 Å². The third kappa shape index (κ3) is 2.87. The molecule has 92 valence electrons. The molecule has 3 rings (SSSR count). The molecule has 2 aromatic carbocycles. The van der Waals surface area contributed by atoms with E-state index in [1.54, 1.807) is 12.1 Å². The predicted octanol–water partition coefficient (Wildman–Crippen LogP) is 3.44. The Hall–Kier alpha value is -1.62. The van der Waals surface area contributed by atoms with Crippen LogP contribution in [0, 0.1) is 0 Å². The van der Waals surface area contributed by atoms with E-state index < -0.39 is 20.4 Å². The predicted molar refractivity (Wildman–Crippen MR) is 80.5 cm³/mol. The number of hydrogen-bond donors (Lipinski definition) is 0. The van der Waals surface area contributed by atoms with Gasteiger partial charge in [-0.25, -0.2) is 0 Å². The molecule has 0 saturated heterocycles. The van der Waals surface area contributed by atoms with Crippen LogP contribution in [0.5, 0.6) is 0 Å². The minimum absolute atomic E-state index is 0.106. The van der Waals surface area contributed by atoms with E-state index in [1.807, 2.05) is 36.4 Å². The average Bonchev–Trinajstić information content (AvgIpc) is 2.48. The maximum atomic E-state index is 11.9. The fourth-order valence-corrected chi connectivity index (χ4v) is 5.09. The second-order valence-electron chi connectivity index (χ2n) is 4.25. The SMILES string of the molecule is O=c1cc(-c2ccccc2)[te]c(-c2ccccc2)c1. The zero-order chi connectivity index (χ0) is 13.1. The van der Waals surface area contributed by atoms with Gasteiger partial charge in [0, 0.05) is 0 Å². The summed E-state index contributed by atoms with van der Waals surface area (Å²) >= 11 is -0.501. The summed E-state index contributed by atoms with van der Waals surface area (Å²) in [6, 6.07) is 24.0. The quantitative estimate of drug-likeness (QED) is 0.641. The van der Waals surface area contributed by atoms with Crippen molar-refractivity contribution in [2.75, 3.05) is 0 Å². The molecule has 0 saturated carbocycles. The molecule has 1 aromatic heterocycles. The van der Waals surface area contributed by atoms with Crippen molar-refractivity contribution in [1.29, 1.82) is 0 Å². The first-order valence-corrected chi connectivity index (χ1v) is 8.42. The van der Waals surface area contributed by atoms with Gasteiger partial charge < -0.3 is 0 Å². The summed E-state index contributed by atoms with van der Waals surface area (Å²) in [5.74, 6) is 0. The molecular weight excluding hydrogens is 348 g/mol. The zero-order valence-electron chi connectivity index (χ0n) is 10.2. The Morgan fingerprint density at radius 3 is 1.47 bits per heavy atom. The van der Waals surface area contributed by atoms with E-state index in [9.17, 15) is 4.79 Å². The maximum absolute atomic E-state index is 11.9. The summed E-state index contributed by atoms with van der Waals surface area (Å²) in [7, 11) is 0. The van der Waals surface area contributed by atoms with Gasteiger partial charge in [-0.05, 0) is 0 Å². The van der Waals surface area contributed by atoms with E-state index in [4.69, 9.17) is 0 Å². The first-order valence-electron chi connectivity index (χ1n) is 6.09. The Bertz CT molecular complexity index is 669. The molecule has 1 heterocycles. The van der Waals surface area contributed by atoms with Gasteiger partial charge in [0.2, 0.25) is 0 Å². The summed E-state index contributed by atoms with van der Waals surface area (Å²) in [5.41, 5.74) is 2.47. The van der Waals surface area contributed by atoms with Gasteiger partial charge in [-0.1, -0.05) is 0 Å². The molecule has 0 amide bonds. The van der Waals surface area contributed by atoms with Crippen LogP contribution in [0.25, 0.3) is 18.3 Å². The fraction of sp³-hybridized carbons (Fsp3) is 0. The van der Waals surface area contributed by atoms with Gasteiger partial charge in [-0.2, -0.15) is 0 Å². The first-order chi connectivity index (χ1) is 9.33. The standard InChI is InChI=1S/C17H12OTe/c18-15-11-16(13-7-3-1-4-8-13)19-17(12-15)14-9-5-2-6-10-14/h1-12H. The van der Waals surface area contributed by atoms with Crippen LogP contribution < -0.4 is 5.43 Å². The van der Waals surface area contributed by atoms with Gasteiger partial charge in [0.25, 0.3) is 0 Å². The third-order valence-corrected chi connectivity index (χ3v) is 6.16. The van der Waals surface area contributed by atoms with E-state index in [-0.39, 0.29) is 5.43 Å². The Morgan fingerprint density at radius 2 is 1.05 bits per heavy atom. The molecule has 0 spiro atoms. The van der Waals surface area contributed by atoms with E-state index in [1.165, 1.54) is 18.3 Å². The van der Waals surface area contributed by atoms with Gasteiger partial charge in [0.05, 0.1) is 0 Å². The molecule has 19 heavy (non-hydrogen) atoms. The van der Waals surface area contributed by atoms with Crippen LogP contribution in [0.15, 0.2) is 77.6 Å². The molecule has 0 bridgehead atoms. The molecule has 2 heteroatoms. The second kappa shape index (κ2) is 5.57. The molecule has 0 aliphatic rings. The molecule has 0 unspecified atom stereocenters. The van der Waals surface area contributed by atoms with Crippen molar-refractivity contribution < 1.29 is 0 Å². The van der Waals surface area contributed by atoms with Crippen LogP contribution in [0.4, 0.5) is 0 Å². The molecule has 0 aliphatic carbocycles. The summed E-state index contributed by atoms with van der Waals surface area (Å²) in [5, 5.41) is 0. The summed E-state index contributed by atoms with van der Waals surface area (Å²) < 4.78 is 2.44. The van der Waals surface area contributed by atoms with E-state index >= 15 is 0 Å². The summed E-state index contributed by atoms with van der Waals surface area (Å²) in [6.07, 6.45) is 0. The summed E-state index contributed by atoms with van der Waals surface area (Å²) in [6.45, 7) is 0. The van der Waals surface area contributed by atoms with Crippen molar-refractivity contribution >= 4 is 20.4 Å². The summed E-state index contributed by atoms with van der Waals surface area (Å²) in [4.78, 5) is 11.9. The van der Waals surface area contributed by atoms with E-state index in [0.717, 1.165) is 0 Å².